The summed E-state index contributed by atoms with van der Waals surface area (Å²) in [5.74, 6) is -0.976. The highest BCUT2D eigenvalue weighted by atomic mass is 19.1. The molecule has 1 fully saturated rings. The number of aromatic nitrogens is 2. The summed E-state index contributed by atoms with van der Waals surface area (Å²) in [5.41, 5.74) is -0.914. The number of benzene rings is 1. The van der Waals surface area contributed by atoms with Crippen LogP contribution in [0.25, 0.3) is 5.65 Å². The molecule has 0 bridgehead atoms. The number of carbonyl (C=O) groups excluding carboxylic acids is 1. The predicted molar refractivity (Wildman–Crippen MR) is 116 cm³/mol. The van der Waals surface area contributed by atoms with E-state index in [0.29, 0.717) is 44.9 Å². The van der Waals surface area contributed by atoms with Gasteiger partial charge in [0.1, 0.15) is 11.5 Å². The molecule has 1 aliphatic rings. The fourth-order valence-electron chi connectivity index (χ4n) is 3.70. The van der Waals surface area contributed by atoms with Gasteiger partial charge in [-0.1, -0.05) is 18.2 Å². The van der Waals surface area contributed by atoms with Crippen molar-refractivity contribution in [2.24, 2.45) is 0 Å². The van der Waals surface area contributed by atoms with Crippen molar-refractivity contribution in [1.29, 1.82) is 0 Å². The van der Waals surface area contributed by atoms with Crippen LogP contribution in [-0.4, -0.2) is 64.4 Å². The number of nitrogens with one attached hydrogen (secondary N) is 1. The summed E-state index contributed by atoms with van der Waals surface area (Å²) in [7, 11) is 0. The SMILES string of the molecule is O=C(NCCN1CCN(c2nc3ccccn3c(=O)c2[N+](=O)[O-])CC1)c1ccccc1F. The molecule has 1 aliphatic heterocycles. The molecule has 11 heteroatoms. The normalized spacial score (nSPS) is 14.5. The Morgan fingerprint density at radius 3 is 2.56 bits per heavy atom. The second kappa shape index (κ2) is 9.10. The molecular weight excluding hydrogens is 419 g/mol. The highest BCUT2D eigenvalue weighted by molar-refractivity contribution is 5.94. The third kappa shape index (κ3) is 4.28. The van der Waals surface area contributed by atoms with Crippen LogP contribution in [0.4, 0.5) is 15.9 Å². The van der Waals surface area contributed by atoms with Crippen LogP contribution < -0.4 is 15.8 Å². The largest absolute Gasteiger partial charge is 0.376 e. The van der Waals surface area contributed by atoms with Gasteiger partial charge >= 0.3 is 11.2 Å². The Kier molecular flexibility index (Phi) is 6.08. The fourth-order valence-corrected chi connectivity index (χ4v) is 3.70. The molecule has 1 amide bonds. The minimum Gasteiger partial charge on any atom is -0.351 e. The molecule has 10 nitrogen and oxygen atoms in total. The molecular formula is C21H21FN6O4. The van der Waals surface area contributed by atoms with E-state index >= 15 is 0 Å². The van der Waals surface area contributed by atoms with E-state index in [4.69, 9.17) is 0 Å². The third-order valence-corrected chi connectivity index (χ3v) is 5.38. The van der Waals surface area contributed by atoms with Crippen molar-refractivity contribution in [3.63, 3.8) is 0 Å². The number of carbonyl (C=O) groups is 1. The number of rotatable bonds is 6. The molecule has 166 valence electrons. The Hall–Kier alpha value is -3.86. The van der Waals surface area contributed by atoms with Crippen molar-refractivity contribution in [3.8, 4) is 0 Å². The lowest BCUT2D eigenvalue weighted by Crippen LogP contribution is -2.49. The van der Waals surface area contributed by atoms with Gasteiger partial charge in [-0.2, -0.15) is 0 Å². The van der Waals surface area contributed by atoms with Crippen molar-refractivity contribution >= 4 is 23.1 Å². The molecule has 0 atom stereocenters. The molecule has 0 unspecified atom stereocenters. The number of halogens is 1. The smallest absolute Gasteiger partial charge is 0.351 e. The van der Waals surface area contributed by atoms with E-state index in [1.165, 1.54) is 24.4 Å². The van der Waals surface area contributed by atoms with Crippen LogP contribution in [-0.2, 0) is 0 Å². The first-order valence-electron chi connectivity index (χ1n) is 10.1. The Morgan fingerprint density at radius 1 is 1.12 bits per heavy atom. The maximum absolute atomic E-state index is 13.7. The van der Waals surface area contributed by atoms with Crippen molar-refractivity contribution in [2.45, 2.75) is 0 Å². The fraction of sp³-hybridized carbons (Fsp3) is 0.286. The number of amides is 1. The first kappa shape index (κ1) is 21.4. The zero-order valence-electron chi connectivity index (χ0n) is 17.1. The van der Waals surface area contributed by atoms with Crippen LogP contribution in [0.1, 0.15) is 10.4 Å². The molecule has 1 saturated heterocycles. The number of pyridine rings is 1. The second-order valence-electron chi connectivity index (χ2n) is 7.34. The van der Waals surface area contributed by atoms with E-state index in [-0.39, 0.29) is 11.4 Å². The predicted octanol–water partition coefficient (Wildman–Crippen LogP) is 1.29. The summed E-state index contributed by atoms with van der Waals surface area (Å²) in [5, 5.41) is 14.3. The number of anilines is 1. The number of hydrogen-bond acceptors (Lipinski definition) is 7. The van der Waals surface area contributed by atoms with E-state index in [2.05, 4.69) is 15.2 Å². The Labute approximate surface area is 182 Å². The second-order valence-corrected chi connectivity index (χ2v) is 7.34. The topological polar surface area (TPSA) is 113 Å². The molecule has 3 heterocycles. The lowest BCUT2D eigenvalue weighted by Gasteiger charge is -2.35. The number of piperazine rings is 1. The molecule has 4 rings (SSSR count). The zero-order chi connectivity index (χ0) is 22.7. The number of nitro groups is 1. The Morgan fingerprint density at radius 2 is 1.84 bits per heavy atom. The number of hydrogen-bond donors (Lipinski definition) is 1. The molecule has 0 saturated carbocycles. The van der Waals surface area contributed by atoms with Crippen LogP contribution in [0, 0.1) is 15.9 Å². The van der Waals surface area contributed by atoms with E-state index in [0.717, 1.165) is 4.40 Å². The van der Waals surface area contributed by atoms with Crippen molar-refractivity contribution in [2.75, 3.05) is 44.2 Å². The van der Waals surface area contributed by atoms with Crippen molar-refractivity contribution < 1.29 is 14.1 Å². The van der Waals surface area contributed by atoms with E-state index < -0.39 is 27.9 Å². The van der Waals surface area contributed by atoms with Gasteiger partial charge in [0, 0.05) is 45.5 Å². The first-order chi connectivity index (χ1) is 15.5. The summed E-state index contributed by atoms with van der Waals surface area (Å²) in [6, 6.07) is 10.7. The minimum absolute atomic E-state index is 0.00158. The van der Waals surface area contributed by atoms with Crippen LogP contribution in [0.5, 0.6) is 0 Å². The van der Waals surface area contributed by atoms with Gasteiger partial charge in [0.15, 0.2) is 0 Å². The lowest BCUT2D eigenvalue weighted by molar-refractivity contribution is -0.385. The van der Waals surface area contributed by atoms with E-state index in [1.54, 1.807) is 29.2 Å². The summed E-state index contributed by atoms with van der Waals surface area (Å²) in [6.45, 7) is 2.91. The maximum Gasteiger partial charge on any atom is 0.376 e. The van der Waals surface area contributed by atoms with Crippen molar-refractivity contribution in [1.82, 2.24) is 19.6 Å². The average molecular weight is 440 g/mol. The third-order valence-electron chi connectivity index (χ3n) is 5.38. The molecule has 0 aliphatic carbocycles. The Balaban J connectivity index is 1.39. The van der Waals surface area contributed by atoms with Gasteiger partial charge in [0.25, 0.3) is 5.91 Å². The summed E-state index contributed by atoms with van der Waals surface area (Å²) in [6.07, 6.45) is 1.45. The highest BCUT2D eigenvalue weighted by Gasteiger charge is 2.29. The molecule has 2 aromatic heterocycles. The minimum atomic E-state index is -0.714. The van der Waals surface area contributed by atoms with Crippen molar-refractivity contribution in [3.05, 3.63) is 80.5 Å². The van der Waals surface area contributed by atoms with Gasteiger partial charge in [-0.15, -0.1) is 0 Å². The van der Waals surface area contributed by atoms with E-state index in [1.807, 2.05) is 0 Å². The molecule has 3 aromatic rings. The summed E-state index contributed by atoms with van der Waals surface area (Å²) < 4.78 is 14.8. The van der Waals surface area contributed by atoms with Gasteiger partial charge in [-0.3, -0.25) is 29.0 Å². The van der Waals surface area contributed by atoms with Crippen LogP contribution >= 0.6 is 0 Å². The molecule has 32 heavy (non-hydrogen) atoms. The molecule has 1 aromatic carbocycles. The maximum atomic E-state index is 13.7. The van der Waals surface area contributed by atoms with Gasteiger partial charge in [0.2, 0.25) is 5.82 Å². The standard InChI is InChI=1S/C21H21FN6O4/c22-16-6-2-1-5-15(16)20(29)23-8-10-25-11-13-26(14-12-25)19-18(28(31)32)21(30)27-9-4-3-7-17(27)24-19/h1-7,9H,8,10-14H2,(H,23,29). The number of nitrogens with zero attached hydrogens (tertiary/aromatic N) is 5. The quantitative estimate of drug-likeness (QED) is 0.454. The highest BCUT2D eigenvalue weighted by Crippen LogP contribution is 2.24. The molecule has 0 radical (unpaired) electrons. The molecule has 0 spiro atoms. The van der Waals surface area contributed by atoms with Gasteiger partial charge in [-0.05, 0) is 24.3 Å². The summed E-state index contributed by atoms with van der Waals surface area (Å²) in [4.78, 5) is 43.8. The summed E-state index contributed by atoms with van der Waals surface area (Å²) >= 11 is 0. The first-order valence-corrected chi connectivity index (χ1v) is 10.1. The van der Waals surface area contributed by atoms with Gasteiger partial charge in [-0.25, -0.2) is 9.37 Å². The lowest BCUT2D eigenvalue weighted by atomic mass is 10.2. The average Bonchev–Trinajstić information content (AvgIpc) is 2.79. The van der Waals surface area contributed by atoms with Crippen LogP contribution in [0.15, 0.2) is 53.5 Å². The van der Waals surface area contributed by atoms with E-state index in [9.17, 15) is 24.1 Å². The molecule has 1 N–H and O–H groups in total. The monoisotopic (exact) mass is 440 g/mol. The zero-order valence-corrected chi connectivity index (χ0v) is 17.1. The Bertz CT molecular complexity index is 1220. The van der Waals surface area contributed by atoms with Gasteiger partial charge in [0.05, 0.1) is 10.5 Å². The number of fused-ring (bicyclic) bond motifs is 1. The van der Waals surface area contributed by atoms with Crippen LogP contribution in [0.3, 0.4) is 0 Å². The van der Waals surface area contributed by atoms with Crippen LogP contribution in [0.2, 0.25) is 0 Å². The van der Waals surface area contributed by atoms with Gasteiger partial charge < -0.3 is 10.2 Å².